The van der Waals surface area contributed by atoms with Crippen LogP contribution in [0.15, 0.2) is 17.1 Å². The molecular formula is C18H34N2O. The summed E-state index contributed by atoms with van der Waals surface area (Å²) in [5.41, 5.74) is 0. The Hall–Kier alpha value is -0.670. The Balaban J connectivity index is 1.94. The SMILES string of the molecule is CCCCCCCCCCC/C=C/C1N=CCN1C(C)O. The summed E-state index contributed by atoms with van der Waals surface area (Å²) in [7, 11) is 0. The van der Waals surface area contributed by atoms with Crippen LogP contribution in [0, 0.1) is 0 Å². The van der Waals surface area contributed by atoms with E-state index in [1.807, 2.05) is 11.1 Å². The fourth-order valence-electron chi connectivity index (χ4n) is 2.77. The van der Waals surface area contributed by atoms with Gasteiger partial charge in [0.2, 0.25) is 0 Å². The van der Waals surface area contributed by atoms with Gasteiger partial charge in [-0.15, -0.1) is 0 Å². The minimum Gasteiger partial charge on any atom is -0.379 e. The second-order valence-electron chi connectivity index (χ2n) is 6.12. The van der Waals surface area contributed by atoms with Crippen molar-refractivity contribution >= 4 is 6.21 Å². The van der Waals surface area contributed by atoms with E-state index in [0.717, 1.165) is 13.0 Å². The Morgan fingerprint density at radius 1 is 1.14 bits per heavy atom. The van der Waals surface area contributed by atoms with Crippen molar-refractivity contribution in [3.05, 3.63) is 12.2 Å². The van der Waals surface area contributed by atoms with Crippen molar-refractivity contribution in [2.24, 2.45) is 4.99 Å². The van der Waals surface area contributed by atoms with Gasteiger partial charge in [0.15, 0.2) is 0 Å². The van der Waals surface area contributed by atoms with Crippen LogP contribution in [0.2, 0.25) is 0 Å². The molecule has 0 amide bonds. The number of aliphatic imine (C=N–C) groups is 1. The summed E-state index contributed by atoms with van der Waals surface area (Å²) in [5, 5.41) is 9.61. The highest BCUT2D eigenvalue weighted by molar-refractivity contribution is 5.62. The number of hydrogen-bond donors (Lipinski definition) is 1. The standard InChI is InChI=1S/C18H34N2O/c1-3-4-5-6-7-8-9-10-11-12-13-14-18-19-15-16-20(18)17(2)21/h13-15,17-18,21H,3-12,16H2,1-2H3/b14-13+. The average molecular weight is 294 g/mol. The van der Waals surface area contributed by atoms with Gasteiger partial charge in [0.1, 0.15) is 12.4 Å². The lowest BCUT2D eigenvalue weighted by Crippen LogP contribution is -2.36. The number of aliphatic hydroxyl groups is 1. The van der Waals surface area contributed by atoms with Gasteiger partial charge < -0.3 is 5.11 Å². The van der Waals surface area contributed by atoms with E-state index >= 15 is 0 Å². The quantitative estimate of drug-likeness (QED) is 0.424. The van der Waals surface area contributed by atoms with Gasteiger partial charge in [-0.05, 0) is 25.8 Å². The van der Waals surface area contributed by atoms with E-state index in [-0.39, 0.29) is 6.17 Å². The molecule has 0 saturated heterocycles. The predicted octanol–water partition coefficient (Wildman–Crippen LogP) is 4.51. The summed E-state index contributed by atoms with van der Waals surface area (Å²) in [6, 6.07) is 0. The molecule has 21 heavy (non-hydrogen) atoms. The van der Waals surface area contributed by atoms with E-state index in [9.17, 15) is 5.11 Å². The first-order valence-corrected chi connectivity index (χ1v) is 8.87. The molecule has 0 aromatic rings. The lowest BCUT2D eigenvalue weighted by molar-refractivity contribution is 0.0214. The van der Waals surface area contributed by atoms with Crippen molar-refractivity contribution in [2.45, 2.75) is 90.4 Å². The van der Waals surface area contributed by atoms with Crippen LogP contribution in [-0.4, -0.2) is 35.2 Å². The minimum absolute atomic E-state index is 0.0450. The monoisotopic (exact) mass is 294 g/mol. The first-order valence-electron chi connectivity index (χ1n) is 8.87. The molecule has 1 heterocycles. The first kappa shape index (κ1) is 18.4. The Kier molecular flexibility index (Phi) is 10.4. The molecule has 0 aromatic heterocycles. The molecule has 122 valence electrons. The van der Waals surface area contributed by atoms with E-state index in [2.05, 4.69) is 24.1 Å². The molecule has 0 aromatic carbocycles. The van der Waals surface area contributed by atoms with Crippen molar-refractivity contribution in [2.75, 3.05) is 6.54 Å². The Morgan fingerprint density at radius 2 is 1.76 bits per heavy atom. The highest BCUT2D eigenvalue weighted by Gasteiger charge is 2.21. The van der Waals surface area contributed by atoms with Crippen molar-refractivity contribution in [3.63, 3.8) is 0 Å². The third kappa shape index (κ3) is 8.37. The number of unbranched alkanes of at least 4 members (excludes halogenated alkanes) is 9. The van der Waals surface area contributed by atoms with E-state index < -0.39 is 6.23 Å². The number of allylic oxidation sites excluding steroid dienone is 1. The number of hydrogen-bond acceptors (Lipinski definition) is 3. The van der Waals surface area contributed by atoms with Gasteiger partial charge in [-0.2, -0.15) is 0 Å². The highest BCUT2D eigenvalue weighted by atomic mass is 16.3. The van der Waals surface area contributed by atoms with Gasteiger partial charge in [0, 0.05) is 12.8 Å². The predicted molar refractivity (Wildman–Crippen MR) is 91.7 cm³/mol. The third-order valence-electron chi connectivity index (χ3n) is 4.15. The maximum absolute atomic E-state index is 9.61. The van der Waals surface area contributed by atoms with E-state index in [1.165, 1.54) is 57.8 Å². The molecule has 0 radical (unpaired) electrons. The fourth-order valence-corrected chi connectivity index (χ4v) is 2.77. The molecule has 0 fully saturated rings. The van der Waals surface area contributed by atoms with Gasteiger partial charge in [-0.3, -0.25) is 4.99 Å². The molecule has 3 nitrogen and oxygen atoms in total. The summed E-state index contributed by atoms with van der Waals surface area (Å²) in [5.74, 6) is 0. The zero-order valence-corrected chi connectivity index (χ0v) is 14.0. The zero-order valence-electron chi connectivity index (χ0n) is 14.0. The van der Waals surface area contributed by atoms with E-state index in [1.54, 1.807) is 6.92 Å². The summed E-state index contributed by atoms with van der Waals surface area (Å²) in [4.78, 5) is 6.35. The minimum atomic E-state index is -0.421. The summed E-state index contributed by atoms with van der Waals surface area (Å²) >= 11 is 0. The van der Waals surface area contributed by atoms with Crippen LogP contribution in [0.1, 0.15) is 78.1 Å². The van der Waals surface area contributed by atoms with Crippen LogP contribution >= 0.6 is 0 Å². The molecule has 1 aliphatic rings. The molecule has 0 aliphatic carbocycles. The molecule has 0 bridgehead atoms. The average Bonchev–Trinajstić information content (AvgIpc) is 2.93. The van der Waals surface area contributed by atoms with Crippen molar-refractivity contribution in [1.82, 2.24) is 4.90 Å². The Labute approximate surface area is 131 Å². The van der Waals surface area contributed by atoms with Crippen molar-refractivity contribution in [1.29, 1.82) is 0 Å². The maximum Gasteiger partial charge on any atom is 0.122 e. The lowest BCUT2D eigenvalue weighted by atomic mass is 10.1. The van der Waals surface area contributed by atoms with Gasteiger partial charge in [0.05, 0.1) is 0 Å². The second-order valence-corrected chi connectivity index (χ2v) is 6.12. The van der Waals surface area contributed by atoms with Crippen LogP contribution in [0.4, 0.5) is 0 Å². The summed E-state index contributed by atoms with van der Waals surface area (Å²) in [6.07, 6.45) is 19.4. The molecule has 1 rings (SSSR count). The van der Waals surface area contributed by atoms with Gasteiger partial charge in [-0.25, -0.2) is 4.90 Å². The van der Waals surface area contributed by atoms with Gasteiger partial charge in [-0.1, -0.05) is 64.4 Å². The fraction of sp³-hybridized carbons (Fsp3) is 0.833. The van der Waals surface area contributed by atoms with Gasteiger partial charge in [0.25, 0.3) is 0 Å². The number of nitrogens with zero attached hydrogens (tertiary/aromatic N) is 2. The maximum atomic E-state index is 9.61. The smallest absolute Gasteiger partial charge is 0.122 e. The van der Waals surface area contributed by atoms with Crippen molar-refractivity contribution in [3.8, 4) is 0 Å². The molecule has 0 spiro atoms. The Bertz CT molecular complexity index is 300. The van der Waals surface area contributed by atoms with Gasteiger partial charge >= 0.3 is 0 Å². The molecule has 1 aliphatic heterocycles. The zero-order chi connectivity index (χ0) is 15.3. The first-order chi connectivity index (χ1) is 10.3. The molecule has 3 heteroatoms. The van der Waals surface area contributed by atoms with Crippen LogP contribution < -0.4 is 0 Å². The van der Waals surface area contributed by atoms with E-state index in [4.69, 9.17) is 0 Å². The number of aliphatic hydroxyl groups excluding tert-OH is 1. The Morgan fingerprint density at radius 3 is 2.38 bits per heavy atom. The molecule has 0 saturated carbocycles. The topological polar surface area (TPSA) is 35.8 Å². The second kappa shape index (κ2) is 11.9. The van der Waals surface area contributed by atoms with Crippen molar-refractivity contribution < 1.29 is 5.11 Å². The lowest BCUT2D eigenvalue weighted by Gasteiger charge is -2.23. The summed E-state index contributed by atoms with van der Waals surface area (Å²) in [6.45, 7) is 4.82. The third-order valence-corrected chi connectivity index (χ3v) is 4.15. The highest BCUT2D eigenvalue weighted by Crippen LogP contribution is 2.13. The van der Waals surface area contributed by atoms with E-state index in [0.29, 0.717) is 0 Å². The molecule has 1 N–H and O–H groups in total. The molecular weight excluding hydrogens is 260 g/mol. The van der Waals surface area contributed by atoms with Crippen LogP contribution in [0.5, 0.6) is 0 Å². The van der Waals surface area contributed by atoms with Crippen LogP contribution in [-0.2, 0) is 0 Å². The molecule has 2 unspecified atom stereocenters. The number of rotatable bonds is 12. The normalized spacial score (nSPS) is 20.6. The largest absolute Gasteiger partial charge is 0.379 e. The molecule has 2 atom stereocenters. The van der Waals surface area contributed by atoms with Crippen LogP contribution in [0.25, 0.3) is 0 Å². The summed E-state index contributed by atoms with van der Waals surface area (Å²) < 4.78 is 0. The van der Waals surface area contributed by atoms with Crippen LogP contribution in [0.3, 0.4) is 0 Å².